The first kappa shape index (κ1) is 9.84. The molecule has 1 aromatic carbocycles. The lowest BCUT2D eigenvalue weighted by Crippen LogP contribution is -2.04. The minimum Gasteiger partial charge on any atom is -0.299 e. The van der Waals surface area contributed by atoms with E-state index in [0.29, 0.717) is 19.4 Å². The van der Waals surface area contributed by atoms with Crippen LogP contribution in [0.5, 0.6) is 0 Å². The van der Waals surface area contributed by atoms with E-state index in [4.69, 9.17) is 0 Å². The Hall–Kier alpha value is -1.70. The second-order valence-electron chi connectivity index (χ2n) is 3.69. The van der Waals surface area contributed by atoms with Crippen molar-refractivity contribution in [2.45, 2.75) is 12.8 Å². The SMILES string of the molecule is O=C(CC1=CC=NC1)Cc1ccccc1. The maximum atomic E-state index is 11.7. The highest BCUT2D eigenvalue weighted by molar-refractivity contribution is 5.85. The van der Waals surface area contributed by atoms with Crippen molar-refractivity contribution in [2.24, 2.45) is 4.99 Å². The Labute approximate surface area is 89.3 Å². The lowest BCUT2D eigenvalue weighted by Gasteiger charge is -2.01. The van der Waals surface area contributed by atoms with Gasteiger partial charge in [-0.05, 0) is 17.2 Å². The Balaban J connectivity index is 1.88. The van der Waals surface area contributed by atoms with Crippen LogP contribution < -0.4 is 0 Å². The second kappa shape index (κ2) is 4.69. The van der Waals surface area contributed by atoms with Gasteiger partial charge in [0.15, 0.2) is 0 Å². The van der Waals surface area contributed by atoms with E-state index in [2.05, 4.69) is 4.99 Å². The molecular weight excluding hydrogens is 186 g/mol. The van der Waals surface area contributed by atoms with Crippen LogP contribution in [0.15, 0.2) is 47.0 Å². The number of carbonyl (C=O) groups is 1. The molecule has 1 aliphatic rings. The van der Waals surface area contributed by atoms with Crippen LogP contribution >= 0.6 is 0 Å². The highest BCUT2D eigenvalue weighted by Crippen LogP contribution is 2.09. The number of carbonyl (C=O) groups excluding carboxylic acids is 1. The summed E-state index contributed by atoms with van der Waals surface area (Å²) in [5.74, 6) is 0.262. The van der Waals surface area contributed by atoms with Gasteiger partial charge in [0, 0.05) is 19.1 Å². The molecule has 0 bridgehead atoms. The van der Waals surface area contributed by atoms with Crippen LogP contribution in [0.3, 0.4) is 0 Å². The van der Waals surface area contributed by atoms with Crippen LogP contribution in [0.4, 0.5) is 0 Å². The van der Waals surface area contributed by atoms with Crippen LogP contribution in [0, 0.1) is 0 Å². The number of hydrogen-bond acceptors (Lipinski definition) is 2. The predicted octanol–water partition coefficient (Wildman–Crippen LogP) is 2.20. The van der Waals surface area contributed by atoms with Crippen molar-refractivity contribution >= 4 is 12.0 Å². The Bertz CT molecular complexity index is 404. The van der Waals surface area contributed by atoms with Gasteiger partial charge in [0.1, 0.15) is 5.78 Å². The molecule has 1 aliphatic heterocycles. The molecule has 76 valence electrons. The van der Waals surface area contributed by atoms with Gasteiger partial charge in [-0.15, -0.1) is 0 Å². The average molecular weight is 199 g/mol. The Morgan fingerprint density at radius 3 is 2.67 bits per heavy atom. The minimum atomic E-state index is 0.262. The molecule has 0 radical (unpaired) electrons. The largest absolute Gasteiger partial charge is 0.299 e. The highest BCUT2D eigenvalue weighted by Gasteiger charge is 2.08. The van der Waals surface area contributed by atoms with E-state index < -0.39 is 0 Å². The normalized spacial score (nSPS) is 14.0. The quantitative estimate of drug-likeness (QED) is 0.731. The summed E-state index contributed by atoms with van der Waals surface area (Å²) in [6.45, 7) is 0.695. The maximum absolute atomic E-state index is 11.7. The standard InChI is InChI=1S/C13H13NO/c15-13(9-12-6-7-14-10-12)8-11-4-2-1-3-5-11/h1-7H,8-10H2. The molecule has 0 unspecified atom stereocenters. The first-order valence-electron chi connectivity index (χ1n) is 5.08. The van der Waals surface area contributed by atoms with Crippen molar-refractivity contribution in [3.8, 4) is 0 Å². The predicted molar refractivity (Wildman–Crippen MR) is 61.2 cm³/mol. The molecule has 0 saturated carbocycles. The van der Waals surface area contributed by atoms with Gasteiger partial charge in [-0.2, -0.15) is 0 Å². The van der Waals surface area contributed by atoms with Gasteiger partial charge < -0.3 is 0 Å². The fourth-order valence-corrected chi connectivity index (χ4v) is 1.63. The van der Waals surface area contributed by atoms with E-state index in [1.807, 2.05) is 36.4 Å². The van der Waals surface area contributed by atoms with Crippen LogP contribution in [0.2, 0.25) is 0 Å². The fourth-order valence-electron chi connectivity index (χ4n) is 1.63. The van der Waals surface area contributed by atoms with E-state index in [9.17, 15) is 4.79 Å². The zero-order valence-corrected chi connectivity index (χ0v) is 8.52. The molecule has 0 atom stereocenters. The third kappa shape index (κ3) is 2.88. The highest BCUT2D eigenvalue weighted by atomic mass is 16.1. The van der Waals surface area contributed by atoms with Gasteiger partial charge in [0.25, 0.3) is 0 Å². The van der Waals surface area contributed by atoms with Gasteiger partial charge in [0.05, 0.1) is 6.54 Å². The fraction of sp³-hybridized carbons (Fsp3) is 0.231. The number of hydrogen-bond donors (Lipinski definition) is 0. The summed E-state index contributed by atoms with van der Waals surface area (Å²) in [5, 5.41) is 0. The molecule has 15 heavy (non-hydrogen) atoms. The number of benzene rings is 1. The smallest absolute Gasteiger partial charge is 0.141 e. The summed E-state index contributed by atoms with van der Waals surface area (Å²) in [6, 6.07) is 9.84. The number of Topliss-reactive ketones (excluding diaryl/α,β-unsaturated/α-hetero) is 1. The minimum absolute atomic E-state index is 0.262. The molecule has 0 amide bonds. The van der Waals surface area contributed by atoms with Gasteiger partial charge in [-0.3, -0.25) is 9.79 Å². The zero-order valence-electron chi connectivity index (χ0n) is 8.52. The van der Waals surface area contributed by atoms with Crippen LogP contribution in [-0.4, -0.2) is 18.5 Å². The summed E-state index contributed by atoms with van der Waals surface area (Å²) < 4.78 is 0. The van der Waals surface area contributed by atoms with Crippen LogP contribution in [0.1, 0.15) is 12.0 Å². The molecule has 1 heterocycles. The Morgan fingerprint density at radius 2 is 2.00 bits per heavy atom. The maximum Gasteiger partial charge on any atom is 0.141 e. The first-order valence-corrected chi connectivity index (χ1v) is 5.08. The summed E-state index contributed by atoms with van der Waals surface area (Å²) in [4.78, 5) is 15.7. The van der Waals surface area contributed by atoms with E-state index in [0.717, 1.165) is 11.1 Å². The summed E-state index contributed by atoms with van der Waals surface area (Å²) >= 11 is 0. The van der Waals surface area contributed by atoms with Crippen LogP contribution in [-0.2, 0) is 11.2 Å². The molecule has 0 aromatic heterocycles. The van der Waals surface area contributed by atoms with Crippen molar-refractivity contribution in [3.05, 3.63) is 47.5 Å². The van der Waals surface area contributed by atoms with Crippen molar-refractivity contribution in [2.75, 3.05) is 6.54 Å². The molecular formula is C13H13NO. The third-order valence-corrected chi connectivity index (χ3v) is 2.38. The molecule has 0 aliphatic carbocycles. The Kier molecular flexibility index (Phi) is 3.08. The third-order valence-electron chi connectivity index (χ3n) is 2.38. The molecule has 2 heteroatoms. The molecule has 0 spiro atoms. The monoisotopic (exact) mass is 199 g/mol. The lowest BCUT2D eigenvalue weighted by molar-refractivity contribution is -0.117. The van der Waals surface area contributed by atoms with Crippen molar-refractivity contribution in [1.29, 1.82) is 0 Å². The first-order chi connectivity index (χ1) is 7.34. The second-order valence-corrected chi connectivity index (χ2v) is 3.69. The van der Waals surface area contributed by atoms with E-state index in [1.165, 1.54) is 0 Å². The summed E-state index contributed by atoms with van der Waals surface area (Å²) in [7, 11) is 0. The number of allylic oxidation sites excluding steroid dienone is 1. The lowest BCUT2D eigenvalue weighted by atomic mass is 10.0. The summed E-state index contributed by atoms with van der Waals surface area (Å²) in [5.41, 5.74) is 2.21. The van der Waals surface area contributed by atoms with Crippen molar-refractivity contribution < 1.29 is 4.79 Å². The van der Waals surface area contributed by atoms with Gasteiger partial charge >= 0.3 is 0 Å². The van der Waals surface area contributed by atoms with Crippen molar-refractivity contribution in [1.82, 2.24) is 0 Å². The molecule has 0 fully saturated rings. The molecule has 2 rings (SSSR count). The van der Waals surface area contributed by atoms with E-state index in [-0.39, 0.29) is 5.78 Å². The topological polar surface area (TPSA) is 29.4 Å². The molecule has 2 nitrogen and oxygen atoms in total. The van der Waals surface area contributed by atoms with Gasteiger partial charge in [0.2, 0.25) is 0 Å². The van der Waals surface area contributed by atoms with Crippen LogP contribution in [0.25, 0.3) is 0 Å². The molecule has 0 N–H and O–H groups in total. The van der Waals surface area contributed by atoms with Crippen molar-refractivity contribution in [3.63, 3.8) is 0 Å². The molecule has 1 aromatic rings. The molecule has 0 saturated heterocycles. The van der Waals surface area contributed by atoms with E-state index >= 15 is 0 Å². The van der Waals surface area contributed by atoms with Gasteiger partial charge in [-0.1, -0.05) is 30.3 Å². The van der Waals surface area contributed by atoms with E-state index in [1.54, 1.807) is 6.21 Å². The number of rotatable bonds is 4. The number of ketones is 1. The van der Waals surface area contributed by atoms with Gasteiger partial charge in [-0.25, -0.2) is 0 Å². The number of aliphatic imine (C=N–C) groups is 1. The Morgan fingerprint density at radius 1 is 1.20 bits per heavy atom. The summed E-state index contributed by atoms with van der Waals surface area (Å²) in [6.07, 6.45) is 4.76. The zero-order chi connectivity index (χ0) is 10.5. The number of nitrogens with zero attached hydrogens (tertiary/aromatic N) is 1. The average Bonchev–Trinajstić information content (AvgIpc) is 2.71.